The Labute approximate surface area is 181 Å². The molecule has 3 aromatic carbocycles. The summed E-state index contributed by atoms with van der Waals surface area (Å²) in [4.78, 5) is 26.1. The zero-order valence-electron chi connectivity index (χ0n) is 17.1. The maximum atomic E-state index is 13.3. The van der Waals surface area contributed by atoms with E-state index in [1.54, 1.807) is 24.3 Å². The number of benzene rings is 3. The summed E-state index contributed by atoms with van der Waals surface area (Å²) < 4.78 is 40.9. The summed E-state index contributed by atoms with van der Waals surface area (Å²) in [6.45, 7) is 2.15. The molecule has 0 saturated carbocycles. The number of nitrogens with one attached hydrogen (secondary N) is 1. The highest BCUT2D eigenvalue weighted by Gasteiger charge is 2.30. The van der Waals surface area contributed by atoms with Gasteiger partial charge in [0.1, 0.15) is 5.56 Å². The molecule has 162 valence electrons. The van der Waals surface area contributed by atoms with E-state index < -0.39 is 23.2 Å². The summed E-state index contributed by atoms with van der Waals surface area (Å²) >= 11 is 0. The van der Waals surface area contributed by atoms with Gasteiger partial charge in [-0.1, -0.05) is 54.1 Å². The number of carbonyl (C=O) groups excluding carboxylic acids is 1. The fourth-order valence-electron chi connectivity index (χ4n) is 3.60. The SMILES string of the molecule is Cc1cccc(CNC(=O)c2cc3ccccc3n(-c3cccc(C(F)(F)F)c3)c2=O)c1. The van der Waals surface area contributed by atoms with Gasteiger partial charge in [0.05, 0.1) is 11.1 Å². The quantitative estimate of drug-likeness (QED) is 0.475. The maximum Gasteiger partial charge on any atom is 0.416 e. The van der Waals surface area contributed by atoms with Crippen LogP contribution in [0, 0.1) is 6.92 Å². The van der Waals surface area contributed by atoms with Crippen molar-refractivity contribution in [2.24, 2.45) is 0 Å². The van der Waals surface area contributed by atoms with E-state index in [9.17, 15) is 22.8 Å². The molecular formula is C25H19F3N2O2. The van der Waals surface area contributed by atoms with Gasteiger partial charge in [0.25, 0.3) is 11.5 Å². The third kappa shape index (κ3) is 4.27. The van der Waals surface area contributed by atoms with E-state index >= 15 is 0 Å². The first kappa shape index (κ1) is 21.4. The third-order valence-electron chi connectivity index (χ3n) is 5.12. The molecule has 1 aromatic heterocycles. The van der Waals surface area contributed by atoms with Crippen molar-refractivity contribution >= 4 is 16.8 Å². The summed E-state index contributed by atoms with van der Waals surface area (Å²) in [5.41, 5.74) is 0.645. The standard InChI is InChI=1S/C25H19F3N2O2/c1-16-6-4-7-17(12-16)15-29-23(31)21-13-18-8-2-3-11-22(18)30(24(21)32)20-10-5-9-19(14-20)25(26,27)28/h2-14H,15H2,1H3,(H,29,31). The molecular weight excluding hydrogens is 417 g/mol. The van der Waals surface area contributed by atoms with E-state index in [-0.39, 0.29) is 17.8 Å². The summed E-state index contributed by atoms with van der Waals surface area (Å²) in [6, 6.07) is 20.3. The van der Waals surface area contributed by atoms with E-state index in [0.717, 1.165) is 27.8 Å². The fourth-order valence-corrected chi connectivity index (χ4v) is 3.60. The second-order valence-electron chi connectivity index (χ2n) is 7.48. The monoisotopic (exact) mass is 436 g/mol. The minimum Gasteiger partial charge on any atom is -0.348 e. The summed E-state index contributed by atoms with van der Waals surface area (Å²) in [5, 5.41) is 3.29. The van der Waals surface area contributed by atoms with Gasteiger partial charge in [-0.25, -0.2) is 0 Å². The first-order valence-electron chi connectivity index (χ1n) is 9.90. The Bertz CT molecular complexity index is 1370. The zero-order chi connectivity index (χ0) is 22.9. The summed E-state index contributed by atoms with van der Waals surface area (Å²) in [6.07, 6.45) is -4.56. The normalized spacial score (nSPS) is 11.5. The molecule has 1 N–H and O–H groups in total. The Kier molecular flexibility index (Phi) is 5.57. The Morgan fingerprint density at radius 3 is 2.44 bits per heavy atom. The first-order valence-corrected chi connectivity index (χ1v) is 9.90. The smallest absolute Gasteiger partial charge is 0.348 e. The molecule has 4 aromatic rings. The van der Waals surface area contributed by atoms with Gasteiger partial charge in [0.2, 0.25) is 0 Å². The van der Waals surface area contributed by atoms with Crippen LogP contribution in [0.2, 0.25) is 0 Å². The number of hydrogen-bond donors (Lipinski definition) is 1. The molecule has 0 unspecified atom stereocenters. The van der Waals surface area contributed by atoms with Gasteiger partial charge in [-0.15, -0.1) is 0 Å². The molecule has 0 aliphatic heterocycles. The number of hydrogen-bond acceptors (Lipinski definition) is 2. The van der Waals surface area contributed by atoms with E-state index in [2.05, 4.69) is 5.32 Å². The van der Waals surface area contributed by atoms with Gasteiger partial charge in [0.15, 0.2) is 0 Å². The maximum absolute atomic E-state index is 13.3. The van der Waals surface area contributed by atoms with Crippen LogP contribution in [0.3, 0.4) is 0 Å². The molecule has 0 spiro atoms. The molecule has 0 aliphatic rings. The third-order valence-corrected chi connectivity index (χ3v) is 5.12. The van der Waals surface area contributed by atoms with Crippen LogP contribution < -0.4 is 10.9 Å². The van der Waals surface area contributed by atoms with Crippen LogP contribution in [0.4, 0.5) is 13.2 Å². The lowest BCUT2D eigenvalue weighted by Gasteiger charge is -2.15. The number of carbonyl (C=O) groups is 1. The molecule has 1 amide bonds. The Hall–Kier alpha value is -3.87. The van der Waals surface area contributed by atoms with E-state index in [4.69, 9.17) is 0 Å². The minimum absolute atomic E-state index is 0.0364. The van der Waals surface area contributed by atoms with E-state index in [1.807, 2.05) is 31.2 Å². The van der Waals surface area contributed by atoms with Gasteiger partial charge >= 0.3 is 6.18 Å². The minimum atomic E-state index is -4.56. The van der Waals surface area contributed by atoms with Crippen molar-refractivity contribution in [3.05, 3.63) is 111 Å². The predicted molar refractivity (Wildman–Crippen MR) is 117 cm³/mol. The Morgan fingerprint density at radius 2 is 1.69 bits per heavy atom. The Morgan fingerprint density at radius 1 is 0.938 bits per heavy atom. The van der Waals surface area contributed by atoms with Crippen molar-refractivity contribution < 1.29 is 18.0 Å². The molecule has 0 radical (unpaired) electrons. The van der Waals surface area contributed by atoms with Crippen LogP contribution in [0.25, 0.3) is 16.6 Å². The van der Waals surface area contributed by atoms with Gasteiger partial charge in [-0.2, -0.15) is 13.2 Å². The molecule has 0 fully saturated rings. The van der Waals surface area contributed by atoms with Crippen LogP contribution in [-0.2, 0) is 12.7 Å². The summed E-state index contributed by atoms with van der Waals surface area (Å²) in [7, 11) is 0. The van der Waals surface area contributed by atoms with Crippen LogP contribution >= 0.6 is 0 Å². The number of amides is 1. The number of alkyl halides is 3. The number of fused-ring (bicyclic) bond motifs is 1. The predicted octanol–water partition coefficient (Wildman–Crippen LogP) is 5.25. The molecule has 0 saturated heterocycles. The van der Waals surface area contributed by atoms with Gasteiger partial charge in [-0.05, 0) is 48.2 Å². The molecule has 32 heavy (non-hydrogen) atoms. The van der Waals surface area contributed by atoms with Crippen LogP contribution in [0.15, 0.2) is 83.7 Å². The van der Waals surface area contributed by atoms with E-state index in [0.29, 0.717) is 10.9 Å². The number of para-hydroxylation sites is 1. The number of halogens is 3. The molecule has 0 bridgehead atoms. The van der Waals surface area contributed by atoms with Crippen molar-refractivity contribution in [1.29, 1.82) is 0 Å². The number of aryl methyl sites for hydroxylation is 1. The highest BCUT2D eigenvalue weighted by atomic mass is 19.4. The topological polar surface area (TPSA) is 51.1 Å². The average molecular weight is 436 g/mol. The molecule has 4 rings (SSSR count). The molecule has 1 heterocycles. The van der Waals surface area contributed by atoms with Crippen LogP contribution in [-0.4, -0.2) is 10.5 Å². The van der Waals surface area contributed by atoms with Crippen LogP contribution in [0.5, 0.6) is 0 Å². The van der Waals surface area contributed by atoms with Gasteiger partial charge < -0.3 is 5.32 Å². The second kappa shape index (κ2) is 8.34. The Balaban J connectivity index is 1.80. The highest BCUT2D eigenvalue weighted by Crippen LogP contribution is 2.30. The van der Waals surface area contributed by atoms with Crippen LogP contribution in [0.1, 0.15) is 27.0 Å². The van der Waals surface area contributed by atoms with Crippen molar-refractivity contribution in [2.45, 2.75) is 19.6 Å². The first-order chi connectivity index (χ1) is 15.2. The molecule has 4 nitrogen and oxygen atoms in total. The fraction of sp³-hybridized carbons (Fsp3) is 0.120. The average Bonchev–Trinajstić information content (AvgIpc) is 2.76. The molecule has 0 atom stereocenters. The largest absolute Gasteiger partial charge is 0.416 e. The molecule has 0 aliphatic carbocycles. The van der Waals surface area contributed by atoms with Crippen molar-refractivity contribution in [1.82, 2.24) is 9.88 Å². The highest BCUT2D eigenvalue weighted by molar-refractivity contribution is 5.97. The number of aromatic nitrogens is 1. The van der Waals surface area contributed by atoms with Crippen molar-refractivity contribution in [3.63, 3.8) is 0 Å². The lowest BCUT2D eigenvalue weighted by atomic mass is 10.1. The lowest BCUT2D eigenvalue weighted by Crippen LogP contribution is -2.32. The van der Waals surface area contributed by atoms with E-state index in [1.165, 1.54) is 18.2 Å². The second-order valence-corrected chi connectivity index (χ2v) is 7.48. The molecule has 7 heteroatoms. The number of pyridine rings is 1. The zero-order valence-corrected chi connectivity index (χ0v) is 17.1. The van der Waals surface area contributed by atoms with Crippen molar-refractivity contribution in [2.75, 3.05) is 0 Å². The van der Waals surface area contributed by atoms with Gasteiger partial charge in [0, 0.05) is 12.2 Å². The number of rotatable bonds is 4. The van der Waals surface area contributed by atoms with Crippen molar-refractivity contribution in [3.8, 4) is 5.69 Å². The summed E-state index contributed by atoms with van der Waals surface area (Å²) in [5.74, 6) is -0.594. The lowest BCUT2D eigenvalue weighted by molar-refractivity contribution is -0.137. The van der Waals surface area contributed by atoms with Gasteiger partial charge in [-0.3, -0.25) is 14.2 Å². The number of nitrogens with zero attached hydrogens (tertiary/aromatic N) is 1.